The van der Waals surface area contributed by atoms with Gasteiger partial charge in [0.05, 0.1) is 12.5 Å². The first-order valence-corrected chi connectivity index (χ1v) is 4.72. The molecule has 5 heteroatoms. The molecule has 0 aromatic heterocycles. The molecule has 76 valence electrons. The van der Waals surface area contributed by atoms with Crippen molar-refractivity contribution in [2.75, 3.05) is 19.6 Å². The summed E-state index contributed by atoms with van der Waals surface area (Å²) in [6, 6.07) is 0. The number of hydrogen-bond donors (Lipinski definition) is 2. The molecule has 0 aromatic rings. The summed E-state index contributed by atoms with van der Waals surface area (Å²) in [5.41, 5.74) is 2.87. The Kier molecular flexibility index (Phi) is 2.39. The molecule has 1 atom stereocenters. The van der Waals surface area contributed by atoms with Gasteiger partial charge in [0.2, 0.25) is 0 Å². The first kappa shape index (κ1) is 9.05. The van der Waals surface area contributed by atoms with Crippen LogP contribution in [-0.4, -0.2) is 41.4 Å². The Bertz CT molecular complexity index is 298. The van der Waals surface area contributed by atoms with Gasteiger partial charge >= 0.3 is 5.97 Å². The second-order valence-corrected chi connectivity index (χ2v) is 3.50. The minimum absolute atomic E-state index is 0.243. The van der Waals surface area contributed by atoms with Gasteiger partial charge < -0.3 is 15.4 Å². The van der Waals surface area contributed by atoms with Gasteiger partial charge in [-0.15, -0.1) is 0 Å². The molecule has 1 saturated heterocycles. The van der Waals surface area contributed by atoms with Crippen molar-refractivity contribution in [3.63, 3.8) is 0 Å². The summed E-state index contributed by atoms with van der Waals surface area (Å²) in [4.78, 5) is 12.7. The SMILES string of the molecule is O=C(O)C1CCN(C2=NNCC=C2)C1. The van der Waals surface area contributed by atoms with Crippen LogP contribution >= 0.6 is 0 Å². The summed E-state index contributed by atoms with van der Waals surface area (Å²) in [5.74, 6) is -0.103. The van der Waals surface area contributed by atoms with Gasteiger partial charge in [-0.1, -0.05) is 6.08 Å². The number of carboxylic acids is 1. The van der Waals surface area contributed by atoms with Crippen molar-refractivity contribution in [1.29, 1.82) is 0 Å². The standard InChI is InChI=1S/C9H13N3O2/c13-9(14)7-3-5-12(6-7)8-2-1-4-10-11-8/h1-2,7,10H,3-6H2,(H,13,14). The molecule has 2 aliphatic rings. The molecule has 0 aromatic carbocycles. The zero-order chi connectivity index (χ0) is 9.97. The average Bonchev–Trinajstić information content (AvgIpc) is 2.68. The van der Waals surface area contributed by atoms with Crippen LogP contribution in [0.25, 0.3) is 0 Å². The van der Waals surface area contributed by atoms with Crippen LogP contribution in [0, 0.1) is 5.92 Å². The lowest BCUT2D eigenvalue weighted by Gasteiger charge is -2.19. The molecule has 0 spiro atoms. The van der Waals surface area contributed by atoms with Crippen molar-refractivity contribution in [3.05, 3.63) is 12.2 Å². The van der Waals surface area contributed by atoms with E-state index in [0.29, 0.717) is 13.0 Å². The van der Waals surface area contributed by atoms with E-state index in [1.54, 1.807) is 0 Å². The molecule has 1 fully saturated rings. The van der Waals surface area contributed by atoms with Crippen molar-refractivity contribution in [2.45, 2.75) is 6.42 Å². The Balaban J connectivity index is 1.98. The van der Waals surface area contributed by atoms with Gasteiger partial charge in [-0.25, -0.2) is 0 Å². The molecule has 5 nitrogen and oxygen atoms in total. The second kappa shape index (κ2) is 3.69. The van der Waals surface area contributed by atoms with Gasteiger partial charge in [-0.3, -0.25) is 4.79 Å². The normalized spacial score (nSPS) is 25.9. The van der Waals surface area contributed by atoms with Crippen molar-refractivity contribution >= 4 is 11.8 Å². The van der Waals surface area contributed by atoms with Crippen LogP contribution < -0.4 is 5.43 Å². The fourth-order valence-electron chi connectivity index (χ4n) is 1.73. The topological polar surface area (TPSA) is 64.9 Å². The Hall–Kier alpha value is -1.52. The van der Waals surface area contributed by atoms with Crippen LogP contribution in [0.3, 0.4) is 0 Å². The number of amidine groups is 1. The van der Waals surface area contributed by atoms with E-state index in [1.807, 2.05) is 17.1 Å². The molecule has 0 aliphatic carbocycles. The Morgan fingerprint density at radius 2 is 2.57 bits per heavy atom. The van der Waals surface area contributed by atoms with Crippen molar-refractivity contribution in [3.8, 4) is 0 Å². The number of nitrogens with one attached hydrogen (secondary N) is 1. The average molecular weight is 195 g/mol. The van der Waals surface area contributed by atoms with Crippen molar-refractivity contribution in [2.24, 2.45) is 11.0 Å². The van der Waals surface area contributed by atoms with Crippen LogP contribution in [0.15, 0.2) is 17.3 Å². The maximum atomic E-state index is 10.7. The van der Waals surface area contributed by atoms with E-state index in [0.717, 1.165) is 18.9 Å². The monoisotopic (exact) mass is 195 g/mol. The van der Waals surface area contributed by atoms with Crippen LogP contribution in [0.2, 0.25) is 0 Å². The van der Waals surface area contributed by atoms with Gasteiger partial charge in [-0.2, -0.15) is 5.10 Å². The van der Waals surface area contributed by atoms with Crippen LogP contribution in [-0.2, 0) is 4.79 Å². The number of hydrogen-bond acceptors (Lipinski definition) is 4. The van der Waals surface area contributed by atoms with E-state index in [1.165, 1.54) is 0 Å². The minimum atomic E-state index is -0.708. The number of aliphatic carboxylic acids is 1. The highest BCUT2D eigenvalue weighted by Crippen LogP contribution is 2.17. The van der Waals surface area contributed by atoms with Crippen LogP contribution in [0.5, 0.6) is 0 Å². The van der Waals surface area contributed by atoms with Gasteiger partial charge in [-0.05, 0) is 12.5 Å². The maximum absolute atomic E-state index is 10.7. The highest BCUT2D eigenvalue weighted by molar-refractivity contribution is 5.93. The molecular weight excluding hydrogens is 182 g/mol. The van der Waals surface area contributed by atoms with E-state index < -0.39 is 5.97 Å². The first-order chi connectivity index (χ1) is 6.77. The van der Waals surface area contributed by atoms with Crippen molar-refractivity contribution < 1.29 is 9.90 Å². The molecule has 2 N–H and O–H groups in total. The van der Waals surface area contributed by atoms with E-state index in [-0.39, 0.29) is 5.92 Å². The summed E-state index contributed by atoms with van der Waals surface area (Å²) in [7, 11) is 0. The Morgan fingerprint density at radius 3 is 3.14 bits per heavy atom. The molecule has 0 amide bonds. The largest absolute Gasteiger partial charge is 0.481 e. The highest BCUT2D eigenvalue weighted by Gasteiger charge is 2.29. The number of carboxylic acid groups (broad SMARTS) is 1. The molecule has 14 heavy (non-hydrogen) atoms. The van der Waals surface area contributed by atoms with E-state index in [9.17, 15) is 4.79 Å². The fraction of sp³-hybridized carbons (Fsp3) is 0.556. The molecule has 0 bridgehead atoms. The Morgan fingerprint density at radius 1 is 1.71 bits per heavy atom. The minimum Gasteiger partial charge on any atom is -0.481 e. The van der Waals surface area contributed by atoms with E-state index in [4.69, 9.17) is 5.11 Å². The number of hydrazone groups is 1. The van der Waals surface area contributed by atoms with Crippen LogP contribution in [0.4, 0.5) is 0 Å². The number of rotatable bonds is 1. The number of likely N-dealkylation sites (tertiary alicyclic amines) is 1. The summed E-state index contributed by atoms with van der Waals surface area (Å²) in [6.45, 7) is 2.10. The molecule has 0 saturated carbocycles. The smallest absolute Gasteiger partial charge is 0.308 e. The summed E-state index contributed by atoms with van der Waals surface area (Å²) >= 11 is 0. The summed E-state index contributed by atoms with van der Waals surface area (Å²) in [6.07, 6.45) is 4.62. The van der Waals surface area contributed by atoms with E-state index >= 15 is 0 Å². The van der Waals surface area contributed by atoms with Gasteiger partial charge in [0.25, 0.3) is 0 Å². The van der Waals surface area contributed by atoms with Gasteiger partial charge in [0, 0.05) is 13.1 Å². The second-order valence-electron chi connectivity index (χ2n) is 3.50. The van der Waals surface area contributed by atoms with Gasteiger partial charge in [0.1, 0.15) is 5.84 Å². The molecule has 0 radical (unpaired) electrons. The molecular formula is C9H13N3O2. The zero-order valence-electron chi connectivity index (χ0n) is 7.81. The third-order valence-corrected chi connectivity index (χ3v) is 2.53. The molecule has 2 rings (SSSR count). The zero-order valence-corrected chi connectivity index (χ0v) is 7.81. The summed E-state index contributed by atoms with van der Waals surface area (Å²) in [5, 5.41) is 12.9. The van der Waals surface area contributed by atoms with E-state index in [2.05, 4.69) is 10.5 Å². The first-order valence-electron chi connectivity index (χ1n) is 4.72. The fourth-order valence-corrected chi connectivity index (χ4v) is 1.73. The van der Waals surface area contributed by atoms with Gasteiger partial charge in [0.15, 0.2) is 0 Å². The number of carbonyl (C=O) groups is 1. The molecule has 2 heterocycles. The lowest BCUT2D eigenvalue weighted by molar-refractivity contribution is -0.141. The van der Waals surface area contributed by atoms with Crippen molar-refractivity contribution in [1.82, 2.24) is 10.3 Å². The lowest BCUT2D eigenvalue weighted by atomic mass is 10.1. The third-order valence-electron chi connectivity index (χ3n) is 2.53. The Labute approximate surface area is 82.1 Å². The molecule has 2 aliphatic heterocycles. The predicted octanol–water partition coefficient (Wildman–Crippen LogP) is -0.134. The highest BCUT2D eigenvalue weighted by atomic mass is 16.4. The third kappa shape index (κ3) is 1.71. The predicted molar refractivity (Wildman–Crippen MR) is 51.9 cm³/mol. The summed E-state index contributed by atoms with van der Waals surface area (Å²) < 4.78 is 0. The van der Waals surface area contributed by atoms with Crippen LogP contribution in [0.1, 0.15) is 6.42 Å². The molecule has 1 unspecified atom stereocenters. The lowest BCUT2D eigenvalue weighted by Crippen LogP contribution is -2.32. The maximum Gasteiger partial charge on any atom is 0.308 e. The quantitative estimate of drug-likeness (QED) is 0.611. The number of nitrogens with zero attached hydrogens (tertiary/aromatic N) is 2.